The second-order valence-corrected chi connectivity index (χ2v) is 4.42. The van der Waals surface area contributed by atoms with Crippen LogP contribution < -0.4 is 10.9 Å². The van der Waals surface area contributed by atoms with Crippen molar-refractivity contribution in [3.63, 3.8) is 0 Å². The van der Waals surface area contributed by atoms with Crippen molar-refractivity contribution in [2.24, 2.45) is 5.92 Å². The number of nitrogens with one attached hydrogen (secondary N) is 2. The van der Waals surface area contributed by atoms with Crippen molar-refractivity contribution in [2.75, 3.05) is 0 Å². The topological polar surface area (TPSA) is 99.3 Å². The fourth-order valence-corrected chi connectivity index (χ4v) is 1.51. The van der Waals surface area contributed by atoms with E-state index in [4.69, 9.17) is 5.11 Å². The average Bonchev–Trinajstić information content (AvgIpc) is 2.27. The van der Waals surface area contributed by atoms with Crippen LogP contribution in [-0.4, -0.2) is 28.0 Å². The Morgan fingerprint density at radius 3 is 2.56 bits per heavy atom. The number of aromatic amines is 1. The van der Waals surface area contributed by atoms with E-state index in [1.54, 1.807) is 0 Å². The molecule has 0 aliphatic carbocycles. The molecule has 3 N–H and O–H groups in total. The third-order valence-electron chi connectivity index (χ3n) is 2.32. The van der Waals surface area contributed by atoms with E-state index in [1.165, 1.54) is 18.2 Å². The molecule has 1 aromatic rings. The lowest BCUT2D eigenvalue weighted by Gasteiger charge is -2.16. The highest BCUT2D eigenvalue weighted by molar-refractivity contribution is 5.94. The van der Waals surface area contributed by atoms with E-state index in [0.29, 0.717) is 6.42 Å². The first-order valence-electron chi connectivity index (χ1n) is 5.63. The summed E-state index contributed by atoms with van der Waals surface area (Å²) in [5.41, 5.74) is -0.351. The molecule has 1 atom stereocenters. The van der Waals surface area contributed by atoms with Gasteiger partial charge < -0.3 is 15.4 Å². The summed E-state index contributed by atoms with van der Waals surface area (Å²) in [6, 6.07) is 3.18. The summed E-state index contributed by atoms with van der Waals surface area (Å²) in [5, 5.41) is 11.4. The van der Waals surface area contributed by atoms with Gasteiger partial charge in [-0.1, -0.05) is 19.9 Å². The van der Waals surface area contributed by atoms with Gasteiger partial charge in [-0.15, -0.1) is 0 Å². The van der Waals surface area contributed by atoms with Crippen LogP contribution in [-0.2, 0) is 4.79 Å². The quantitative estimate of drug-likeness (QED) is 0.714. The predicted octanol–water partition coefficient (Wildman–Crippen LogP) is 0.604. The smallest absolute Gasteiger partial charge is 0.326 e. The van der Waals surface area contributed by atoms with E-state index in [9.17, 15) is 14.4 Å². The third kappa shape index (κ3) is 4.04. The van der Waals surface area contributed by atoms with Gasteiger partial charge in [0, 0.05) is 6.07 Å². The van der Waals surface area contributed by atoms with Crippen LogP contribution in [0.5, 0.6) is 0 Å². The van der Waals surface area contributed by atoms with Crippen molar-refractivity contribution < 1.29 is 14.7 Å². The molecule has 0 aliphatic heterocycles. The molecule has 0 bridgehead atoms. The van der Waals surface area contributed by atoms with Crippen molar-refractivity contribution in [3.05, 3.63) is 34.2 Å². The molecule has 1 amide bonds. The number of carboxylic acid groups (broad SMARTS) is 1. The minimum atomic E-state index is -1.09. The van der Waals surface area contributed by atoms with E-state index in [-0.39, 0.29) is 11.6 Å². The lowest BCUT2D eigenvalue weighted by molar-refractivity contribution is -0.139. The lowest BCUT2D eigenvalue weighted by Crippen LogP contribution is -2.42. The molecule has 0 aliphatic rings. The van der Waals surface area contributed by atoms with Crippen LogP contribution in [0, 0.1) is 5.92 Å². The maximum absolute atomic E-state index is 11.7. The zero-order valence-electron chi connectivity index (χ0n) is 10.3. The lowest BCUT2D eigenvalue weighted by atomic mass is 10.0. The minimum Gasteiger partial charge on any atom is -0.480 e. The molecule has 0 spiro atoms. The van der Waals surface area contributed by atoms with Gasteiger partial charge in [-0.3, -0.25) is 9.59 Å². The number of carbonyl (C=O) groups excluding carboxylic acids is 1. The zero-order chi connectivity index (χ0) is 13.7. The molecule has 1 aromatic heterocycles. The van der Waals surface area contributed by atoms with Gasteiger partial charge in [0.2, 0.25) is 5.56 Å². The van der Waals surface area contributed by atoms with Crippen LogP contribution in [0.2, 0.25) is 0 Å². The summed E-state index contributed by atoms with van der Waals surface area (Å²) in [7, 11) is 0. The molecule has 1 rings (SSSR count). The summed E-state index contributed by atoms with van der Waals surface area (Å²) in [6.07, 6.45) is 0.331. The molecule has 98 valence electrons. The Balaban J connectivity index is 2.78. The predicted molar refractivity (Wildman–Crippen MR) is 65.4 cm³/mol. The van der Waals surface area contributed by atoms with Crippen molar-refractivity contribution in [1.29, 1.82) is 0 Å². The first kappa shape index (κ1) is 14.0. The van der Waals surface area contributed by atoms with Crippen LogP contribution in [0.3, 0.4) is 0 Å². The molecule has 0 fully saturated rings. The number of rotatable bonds is 5. The molecule has 0 unspecified atom stereocenters. The van der Waals surface area contributed by atoms with E-state index in [0.717, 1.165) is 0 Å². The van der Waals surface area contributed by atoms with Crippen LogP contribution in [0.4, 0.5) is 0 Å². The molecule has 0 saturated heterocycles. The van der Waals surface area contributed by atoms with Gasteiger partial charge in [0.25, 0.3) is 5.91 Å². The average molecular weight is 252 g/mol. The Kier molecular flexibility index (Phi) is 4.65. The Labute approximate surface area is 104 Å². The number of aromatic nitrogens is 1. The van der Waals surface area contributed by atoms with E-state index < -0.39 is 23.5 Å². The summed E-state index contributed by atoms with van der Waals surface area (Å²) in [4.78, 5) is 36.1. The highest BCUT2D eigenvalue weighted by Crippen LogP contribution is 2.05. The zero-order valence-corrected chi connectivity index (χ0v) is 10.3. The number of aliphatic carboxylic acids is 1. The van der Waals surface area contributed by atoms with E-state index >= 15 is 0 Å². The fraction of sp³-hybridized carbons (Fsp3) is 0.417. The van der Waals surface area contributed by atoms with Gasteiger partial charge in [0.05, 0.1) is 0 Å². The second kappa shape index (κ2) is 6.00. The first-order chi connectivity index (χ1) is 8.40. The van der Waals surface area contributed by atoms with Gasteiger partial charge in [0.15, 0.2) is 0 Å². The molecular formula is C12H16N2O4. The number of carboxylic acids is 1. The standard InChI is InChI=1S/C12H16N2O4/c1-7(2)6-9(12(17)18)14-11(16)8-4-3-5-10(15)13-8/h3-5,7,9H,6H2,1-2H3,(H,13,15)(H,14,16)(H,17,18)/t9-/m1/s1. The number of carbonyl (C=O) groups is 2. The number of hydrogen-bond donors (Lipinski definition) is 3. The summed E-state index contributed by atoms with van der Waals surface area (Å²) < 4.78 is 0. The first-order valence-corrected chi connectivity index (χ1v) is 5.63. The van der Waals surface area contributed by atoms with Gasteiger partial charge in [-0.05, 0) is 18.4 Å². The maximum atomic E-state index is 11.7. The molecule has 0 aromatic carbocycles. The molecule has 18 heavy (non-hydrogen) atoms. The molecule has 0 saturated carbocycles. The number of pyridine rings is 1. The highest BCUT2D eigenvalue weighted by atomic mass is 16.4. The highest BCUT2D eigenvalue weighted by Gasteiger charge is 2.21. The fourth-order valence-electron chi connectivity index (χ4n) is 1.51. The van der Waals surface area contributed by atoms with Crippen molar-refractivity contribution in [1.82, 2.24) is 10.3 Å². The van der Waals surface area contributed by atoms with Crippen LogP contribution >= 0.6 is 0 Å². The summed E-state index contributed by atoms with van der Waals surface area (Å²) in [6.45, 7) is 3.74. The van der Waals surface area contributed by atoms with Crippen LogP contribution in [0.15, 0.2) is 23.0 Å². The number of amides is 1. The monoisotopic (exact) mass is 252 g/mol. The van der Waals surface area contributed by atoms with Gasteiger partial charge in [-0.25, -0.2) is 4.79 Å². The Hall–Kier alpha value is -2.11. The van der Waals surface area contributed by atoms with E-state index in [2.05, 4.69) is 10.3 Å². The SMILES string of the molecule is CC(C)C[C@@H](NC(=O)c1cccc(=O)[nH]1)C(=O)O. The van der Waals surface area contributed by atoms with Crippen molar-refractivity contribution in [2.45, 2.75) is 26.3 Å². The second-order valence-electron chi connectivity index (χ2n) is 4.42. The Morgan fingerprint density at radius 2 is 2.06 bits per heavy atom. The molecular weight excluding hydrogens is 236 g/mol. The van der Waals surface area contributed by atoms with Gasteiger partial charge in [-0.2, -0.15) is 0 Å². The normalized spacial score (nSPS) is 12.2. The van der Waals surface area contributed by atoms with Crippen molar-refractivity contribution >= 4 is 11.9 Å². The molecule has 0 radical (unpaired) electrons. The van der Waals surface area contributed by atoms with Gasteiger partial charge >= 0.3 is 5.97 Å². The van der Waals surface area contributed by atoms with Crippen LogP contribution in [0.1, 0.15) is 30.8 Å². The van der Waals surface area contributed by atoms with Gasteiger partial charge in [0.1, 0.15) is 11.7 Å². The third-order valence-corrected chi connectivity index (χ3v) is 2.32. The number of H-pyrrole nitrogens is 1. The van der Waals surface area contributed by atoms with Crippen LogP contribution in [0.25, 0.3) is 0 Å². The summed E-state index contributed by atoms with van der Waals surface area (Å²) in [5.74, 6) is -1.54. The Morgan fingerprint density at radius 1 is 1.39 bits per heavy atom. The summed E-state index contributed by atoms with van der Waals surface area (Å²) >= 11 is 0. The largest absolute Gasteiger partial charge is 0.480 e. The molecule has 6 heteroatoms. The maximum Gasteiger partial charge on any atom is 0.326 e. The molecule has 1 heterocycles. The van der Waals surface area contributed by atoms with E-state index in [1.807, 2.05) is 13.8 Å². The Bertz CT molecular complexity index is 493. The molecule has 6 nitrogen and oxygen atoms in total. The van der Waals surface area contributed by atoms with Crippen molar-refractivity contribution in [3.8, 4) is 0 Å². The number of hydrogen-bond acceptors (Lipinski definition) is 3. The minimum absolute atomic E-state index is 0.0532.